The third kappa shape index (κ3) is 3.74. The van der Waals surface area contributed by atoms with Crippen molar-refractivity contribution in [1.29, 1.82) is 0 Å². The highest BCUT2D eigenvalue weighted by Crippen LogP contribution is 2.27. The zero-order chi connectivity index (χ0) is 15.4. The van der Waals surface area contributed by atoms with Gasteiger partial charge in [-0.25, -0.2) is 4.79 Å². The van der Waals surface area contributed by atoms with Gasteiger partial charge in [0.05, 0.1) is 12.7 Å². The van der Waals surface area contributed by atoms with E-state index in [9.17, 15) is 9.59 Å². The maximum Gasteiger partial charge on any atom is 0.337 e. The predicted molar refractivity (Wildman–Crippen MR) is 82.7 cm³/mol. The summed E-state index contributed by atoms with van der Waals surface area (Å²) in [5.41, 5.74) is 2.05. The van der Waals surface area contributed by atoms with E-state index in [-0.39, 0.29) is 5.91 Å². The lowest BCUT2D eigenvalue weighted by Crippen LogP contribution is -2.24. The van der Waals surface area contributed by atoms with Gasteiger partial charge >= 0.3 is 5.97 Å². The highest BCUT2D eigenvalue weighted by molar-refractivity contribution is 5.98. The van der Waals surface area contributed by atoms with Crippen molar-refractivity contribution in [3.63, 3.8) is 0 Å². The molecule has 0 atom stereocenters. The molecule has 1 aliphatic rings. The molecule has 0 unspecified atom stereocenters. The number of carbonyl (C=O) groups is 2. The summed E-state index contributed by atoms with van der Waals surface area (Å²) in [5, 5.41) is 3.30. The van der Waals surface area contributed by atoms with E-state index in [2.05, 4.69) is 19.2 Å². The molecule has 21 heavy (non-hydrogen) atoms. The molecule has 1 fully saturated rings. The lowest BCUT2D eigenvalue weighted by molar-refractivity contribution is -0.117. The summed E-state index contributed by atoms with van der Waals surface area (Å²) < 4.78 is 4.79. The molecule has 0 aromatic heterocycles. The van der Waals surface area contributed by atoms with Gasteiger partial charge in [-0.3, -0.25) is 4.79 Å². The molecule has 1 aliphatic heterocycles. The maximum absolute atomic E-state index is 11.9. The molecule has 5 heteroatoms. The minimum absolute atomic E-state index is 0.104. The number of amides is 1. The number of nitrogens with zero attached hydrogens (tertiary/aromatic N) is 1. The molecule has 0 bridgehead atoms. The Hall–Kier alpha value is -2.04. The second-order valence-corrected chi connectivity index (χ2v) is 5.68. The van der Waals surface area contributed by atoms with Gasteiger partial charge in [-0.1, -0.05) is 13.8 Å². The van der Waals surface area contributed by atoms with Crippen LogP contribution >= 0.6 is 0 Å². The predicted octanol–water partition coefficient (Wildman–Crippen LogP) is 2.67. The summed E-state index contributed by atoms with van der Waals surface area (Å²) >= 11 is 0. The zero-order valence-corrected chi connectivity index (χ0v) is 12.8. The standard InChI is InChI=1S/C16H22N2O3/c1-11(2)10-17-13-7-12(16(20)21-3)8-14(9-13)18-6-4-5-15(18)19/h7-9,11,17H,4-6,10H2,1-3H3. The number of hydrogen-bond donors (Lipinski definition) is 1. The van der Waals surface area contributed by atoms with E-state index in [1.807, 2.05) is 6.07 Å². The molecule has 0 radical (unpaired) electrons. The molecule has 5 nitrogen and oxygen atoms in total. The van der Waals surface area contributed by atoms with Crippen molar-refractivity contribution in [3.8, 4) is 0 Å². The van der Waals surface area contributed by atoms with Crippen LogP contribution in [0.4, 0.5) is 11.4 Å². The van der Waals surface area contributed by atoms with Crippen LogP contribution in [0.2, 0.25) is 0 Å². The van der Waals surface area contributed by atoms with Crippen LogP contribution in [0.15, 0.2) is 18.2 Å². The monoisotopic (exact) mass is 290 g/mol. The summed E-state index contributed by atoms with van der Waals surface area (Å²) in [4.78, 5) is 25.4. The van der Waals surface area contributed by atoms with Crippen molar-refractivity contribution in [3.05, 3.63) is 23.8 Å². The lowest BCUT2D eigenvalue weighted by atomic mass is 10.1. The van der Waals surface area contributed by atoms with Gasteiger partial charge in [0.25, 0.3) is 0 Å². The van der Waals surface area contributed by atoms with Crippen LogP contribution < -0.4 is 10.2 Å². The van der Waals surface area contributed by atoms with Crippen LogP contribution in [0, 0.1) is 5.92 Å². The molecule has 0 saturated carbocycles. The Labute approximate surface area is 125 Å². The Balaban J connectivity index is 2.32. The average molecular weight is 290 g/mol. The first-order chi connectivity index (χ1) is 10.0. The fourth-order valence-corrected chi connectivity index (χ4v) is 2.35. The number of benzene rings is 1. The normalized spacial score (nSPS) is 14.7. The number of rotatable bonds is 5. The number of nitrogens with one attached hydrogen (secondary N) is 1. The first kappa shape index (κ1) is 15.4. The highest BCUT2D eigenvalue weighted by atomic mass is 16.5. The quantitative estimate of drug-likeness (QED) is 0.847. The van der Waals surface area contributed by atoms with E-state index in [4.69, 9.17) is 4.74 Å². The van der Waals surface area contributed by atoms with E-state index in [1.165, 1.54) is 7.11 Å². The van der Waals surface area contributed by atoms with Crippen molar-refractivity contribution in [2.75, 3.05) is 30.4 Å². The van der Waals surface area contributed by atoms with Gasteiger partial charge in [0.2, 0.25) is 5.91 Å². The topological polar surface area (TPSA) is 58.6 Å². The summed E-state index contributed by atoms with van der Waals surface area (Å²) in [6, 6.07) is 5.39. The molecule has 1 aromatic carbocycles. The molecule has 1 saturated heterocycles. The molecule has 1 N–H and O–H groups in total. The van der Waals surface area contributed by atoms with E-state index in [0.29, 0.717) is 24.4 Å². The number of hydrogen-bond acceptors (Lipinski definition) is 4. The van der Waals surface area contributed by atoms with Crippen molar-refractivity contribution < 1.29 is 14.3 Å². The number of ether oxygens (including phenoxy) is 1. The Morgan fingerprint density at radius 3 is 2.71 bits per heavy atom. The number of methoxy groups -OCH3 is 1. The van der Waals surface area contributed by atoms with Gasteiger partial charge in [-0.2, -0.15) is 0 Å². The molecule has 1 aromatic rings. The highest BCUT2D eigenvalue weighted by Gasteiger charge is 2.23. The van der Waals surface area contributed by atoms with Crippen LogP contribution in [0.3, 0.4) is 0 Å². The molecule has 0 aliphatic carbocycles. The lowest BCUT2D eigenvalue weighted by Gasteiger charge is -2.19. The van der Waals surface area contributed by atoms with Gasteiger partial charge in [0.1, 0.15) is 0 Å². The van der Waals surface area contributed by atoms with Gasteiger partial charge < -0.3 is 15.0 Å². The second kappa shape index (κ2) is 6.61. The first-order valence-electron chi connectivity index (χ1n) is 7.29. The smallest absolute Gasteiger partial charge is 0.337 e. The fourth-order valence-electron chi connectivity index (χ4n) is 2.35. The van der Waals surface area contributed by atoms with E-state index in [1.54, 1.807) is 17.0 Å². The van der Waals surface area contributed by atoms with Crippen molar-refractivity contribution in [1.82, 2.24) is 0 Å². The minimum Gasteiger partial charge on any atom is -0.465 e. The Kier molecular flexibility index (Phi) is 4.83. The Morgan fingerprint density at radius 2 is 2.14 bits per heavy atom. The minimum atomic E-state index is -0.393. The molecule has 114 valence electrons. The van der Waals surface area contributed by atoms with Crippen molar-refractivity contribution in [2.45, 2.75) is 26.7 Å². The van der Waals surface area contributed by atoms with E-state index < -0.39 is 5.97 Å². The van der Waals surface area contributed by atoms with E-state index in [0.717, 1.165) is 24.3 Å². The first-order valence-corrected chi connectivity index (χ1v) is 7.29. The van der Waals surface area contributed by atoms with E-state index >= 15 is 0 Å². The number of carbonyl (C=O) groups excluding carboxylic acids is 2. The van der Waals surface area contributed by atoms with Crippen LogP contribution in [0.25, 0.3) is 0 Å². The summed E-state index contributed by atoms with van der Waals surface area (Å²) in [6.07, 6.45) is 1.42. The fraction of sp³-hybridized carbons (Fsp3) is 0.500. The average Bonchev–Trinajstić information content (AvgIpc) is 2.90. The molecular weight excluding hydrogens is 268 g/mol. The van der Waals surface area contributed by atoms with Crippen molar-refractivity contribution in [2.24, 2.45) is 5.92 Å². The summed E-state index contributed by atoms with van der Waals surface area (Å²) in [5.74, 6) is 0.201. The van der Waals surface area contributed by atoms with Crippen LogP contribution in [0.1, 0.15) is 37.0 Å². The number of anilines is 2. The molecule has 0 spiro atoms. The van der Waals surface area contributed by atoms with Crippen LogP contribution in [-0.4, -0.2) is 32.1 Å². The third-order valence-electron chi connectivity index (χ3n) is 3.44. The van der Waals surface area contributed by atoms with Crippen LogP contribution in [-0.2, 0) is 9.53 Å². The largest absolute Gasteiger partial charge is 0.465 e. The SMILES string of the molecule is COC(=O)c1cc(NCC(C)C)cc(N2CCCC2=O)c1. The van der Waals surface area contributed by atoms with Gasteiger partial charge in [-0.05, 0) is 30.5 Å². The molecular formula is C16H22N2O3. The van der Waals surface area contributed by atoms with Gasteiger partial charge in [0, 0.05) is 30.9 Å². The second-order valence-electron chi connectivity index (χ2n) is 5.68. The molecule has 1 amide bonds. The summed E-state index contributed by atoms with van der Waals surface area (Å²) in [7, 11) is 1.36. The maximum atomic E-state index is 11.9. The Morgan fingerprint density at radius 1 is 1.38 bits per heavy atom. The van der Waals surface area contributed by atoms with Gasteiger partial charge in [-0.15, -0.1) is 0 Å². The molecule has 1 heterocycles. The summed E-state index contributed by atoms with van der Waals surface area (Å²) in [6.45, 7) is 5.73. The van der Waals surface area contributed by atoms with Crippen LogP contribution in [0.5, 0.6) is 0 Å². The third-order valence-corrected chi connectivity index (χ3v) is 3.44. The van der Waals surface area contributed by atoms with Crippen molar-refractivity contribution >= 4 is 23.3 Å². The zero-order valence-electron chi connectivity index (χ0n) is 12.8. The van der Waals surface area contributed by atoms with Gasteiger partial charge in [0.15, 0.2) is 0 Å². The number of esters is 1. The molecule has 2 rings (SSSR count). The Bertz CT molecular complexity index is 540.